The van der Waals surface area contributed by atoms with E-state index in [0.717, 1.165) is 43.3 Å². The number of aryl methyl sites for hydroxylation is 1. The zero-order valence-corrected chi connectivity index (χ0v) is 25.9. The Morgan fingerprint density at radius 1 is 1.03 bits per heavy atom. The Labute approximate surface area is 251 Å². The van der Waals surface area contributed by atoms with Crippen LogP contribution in [0.5, 0.6) is 17.2 Å². The second kappa shape index (κ2) is 13.1. The summed E-state index contributed by atoms with van der Waals surface area (Å²) in [6.07, 6.45) is 1.71. The monoisotopic (exact) mass is 677 g/mol. The Morgan fingerprint density at radius 3 is 2.46 bits per heavy atom. The molecule has 4 rings (SSSR count). The lowest BCUT2D eigenvalue weighted by molar-refractivity contribution is -0.123. The summed E-state index contributed by atoms with van der Waals surface area (Å²) >= 11 is 9.06. The van der Waals surface area contributed by atoms with Gasteiger partial charge in [-0.15, -0.1) is 0 Å². The summed E-state index contributed by atoms with van der Waals surface area (Å²) in [7, 11) is 1.57. The molecule has 0 N–H and O–H groups in total. The minimum Gasteiger partial charge on any atom is -0.493 e. The average Bonchev–Trinajstić information content (AvgIpc) is 3.16. The van der Waals surface area contributed by atoms with Gasteiger partial charge in [0.1, 0.15) is 19.0 Å². The molecule has 2 amide bonds. The van der Waals surface area contributed by atoms with Crippen molar-refractivity contribution < 1.29 is 23.8 Å². The van der Waals surface area contributed by atoms with Crippen molar-refractivity contribution in [2.75, 3.05) is 20.3 Å². The predicted molar refractivity (Wildman–Crippen MR) is 165 cm³/mol. The molecule has 39 heavy (non-hydrogen) atoms. The first kappa shape index (κ1) is 29.3. The molecule has 1 aliphatic heterocycles. The summed E-state index contributed by atoms with van der Waals surface area (Å²) in [5, 5.41) is 0.353. The van der Waals surface area contributed by atoms with Gasteiger partial charge in [0.25, 0.3) is 11.1 Å². The Kier molecular flexibility index (Phi) is 9.85. The van der Waals surface area contributed by atoms with Crippen molar-refractivity contribution >= 4 is 63.2 Å². The standard InChI is InChI=1S/C30H29ClINO5S/c1-18(2)23-10-5-19(3)13-25(23)37-12-11-33-29(34)27(39-30(33)35)16-21-14-24(32)28(26(15-21)36-4)38-17-20-6-8-22(31)9-7-20/h5-10,13-16,18H,11-12,17H2,1-4H3/b27-16-. The van der Waals surface area contributed by atoms with E-state index < -0.39 is 0 Å². The van der Waals surface area contributed by atoms with E-state index in [0.29, 0.717) is 34.0 Å². The fraction of sp³-hybridized carbons (Fsp3) is 0.267. The van der Waals surface area contributed by atoms with E-state index in [-0.39, 0.29) is 24.3 Å². The molecule has 0 bridgehead atoms. The molecule has 1 saturated heterocycles. The van der Waals surface area contributed by atoms with Crippen LogP contribution in [-0.4, -0.2) is 36.3 Å². The number of nitrogens with zero attached hydrogens (tertiary/aromatic N) is 1. The lowest BCUT2D eigenvalue weighted by Crippen LogP contribution is -2.32. The highest BCUT2D eigenvalue weighted by atomic mass is 127. The number of halogens is 2. The third-order valence-corrected chi connectivity index (χ3v) is 8.04. The smallest absolute Gasteiger partial charge is 0.293 e. The molecular formula is C30H29ClINO5S. The fourth-order valence-electron chi connectivity index (χ4n) is 4.03. The minimum atomic E-state index is -0.334. The summed E-state index contributed by atoms with van der Waals surface area (Å²) in [6.45, 7) is 6.96. The second-order valence-electron chi connectivity index (χ2n) is 9.33. The molecular weight excluding hydrogens is 649 g/mol. The van der Waals surface area contributed by atoms with Crippen LogP contribution < -0.4 is 14.2 Å². The summed E-state index contributed by atoms with van der Waals surface area (Å²) in [5.41, 5.74) is 3.90. The number of amides is 2. The third-order valence-electron chi connectivity index (χ3n) is 6.08. The predicted octanol–water partition coefficient (Wildman–Crippen LogP) is 8.08. The van der Waals surface area contributed by atoms with Gasteiger partial charge in [-0.1, -0.05) is 49.7 Å². The van der Waals surface area contributed by atoms with Crippen molar-refractivity contribution in [3.63, 3.8) is 0 Å². The van der Waals surface area contributed by atoms with Crippen molar-refractivity contribution in [1.82, 2.24) is 4.90 Å². The zero-order chi connectivity index (χ0) is 28.1. The van der Waals surface area contributed by atoms with E-state index in [4.69, 9.17) is 25.8 Å². The molecule has 0 radical (unpaired) electrons. The largest absolute Gasteiger partial charge is 0.493 e. The number of carbonyl (C=O) groups is 2. The van der Waals surface area contributed by atoms with Crippen LogP contribution in [0, 0.1) is 10.5 Å². The first-order valence-electron chi connectivity index (χ1n) is 12.4. The van der Waals surface area contributed by atoms with E-state index in [2.05, 4.69) is 48.6 Å². The third kappa shape index (κ3) is 7.29. The molecule has 0 aliphatic carbocycles. The highest BCUT2D eigenvalue weighted by Gasteiger charge is 2.35. The van der Waals surface area contributed by atoms with Crippen molar-refractivity contribution in [3.8, 4) is 17.2 Å². The van der Waals surface area contributed by atoms with Crippen molar-refractivity contribution in [2.24, 2.45) is 0 Å². The van der Waals surface area contributed by atoms with E-state index in [1.54, 1.807) is 19.3 Å². The number of rotatable bonds is 10. The molecule has 6 nitrogen and oxygen atoms in total. The Balaban J connectivity index is 1.44. The first-order valence-corrected chi connectivity index (χ1v) is 14.7. The van der Waals surface area contributed by atoms with E-state index in [1.165, 1.54) is 4.90 Å². The summed E-state index contributed by atoms with van der Waals surface area (Å²) in [6, 6.07) is 17.2. The van der Waals surface area contributed by atoms with Crippen LogP contribution in [0.3, 0.4) is 0 Å². The number of benzene rings is 3. The minimum absolute atomic E-state index is 0.172. The van der Waals surface area contributed by atoms with Gasteiger partial charge in [0, 0.05) is 5.02 Å². The molecule has 204 valence electrons. The van der Waals surface area contributed by atoms with Crippen LogP contribution in [0.1, 0.15) is 42.0 Å². The van der Waals surface area contributed by atoms with Gasteiger partial charge in [0.2, 0.25) is 0 Å². The van der Waals surface area contributed by atoms with Crippen LogP contribution in [0.2, 0.25) is 5.02 Å². The van der Waals surface area contributed by atoms with Gasteiger partial charge in [0.05, 0.1) is 22.1 Å². The maximum absolute atomic E-state index is 13.1. The number of methoxy groups -OCH3 is 1. The number of carbonyl (C=O) groups excluding carboxylic acids is 2. The maximum Gasteiger partial charge on any atom is 0.293 e. The summed E-state index contributed by atoms with van der Waals surface area (Å²) in [5.74, 6) is 1.89. The lowest BCUT2D eigenvalue weighted by Gasteiger charge is -2.17. The van der Waals surface area contributed by atoms with Crippen LogP contribution in [0.4, 0.5) is 4.79 Å². The SMILES string of the molecule is COc1cc(/C=C2\SC(=O)N(CCOc3cc(C)ccc3C(C)C)C2=O)cc(I)c1OCc1ccc(Cl)cc1. The normalized spacial score (nSPS) is 14.4. The molecule has 0 unspecified atom stereocenters. The van der Waals surface area contributed by atoms with Crippen LogP contribution in [0.15, 0.2) is 59.5 Å². The molecule has 9 heteroatoms. The zero-order valence-electron chi connectivity index (χ0n) is 22.1. The van der Waals surface area contributed by atoms with Crippen molar-refractivity contribution in [3.05, 3.63) is 90.3 Å². The molecule has 1 fully saturated rings. The van der Waals surface area contributed by atoms with Gasteiger partial charge in [0.15, 0.2) is 11.5 Å². The van der Waals surface area contributed by atoms with Crippen LogP contribution in [0.25, 0.3) is 6.08 Å². The van der Waals surface area contributed by atoms with Crippen LogP contribution in [-0.2, 0) is 11.4 Å². The van der Waals surface area contributed by atoms with Gasteiger partial charge in [-0.25, -0.2) is 0 Å². The number of imide groups is 1. The van der Waals surface area contributed by atoms with Crippen LogP contribution >= 0.6 is 46.0 Å². The Bertz CT molecular complexity index is 1410. The molecule has 3 aromatic rings. The van der Waals surface area contributed by atoms with Crippen molar-refractivity contribution in [2.45, 2.75) is 33.3 Å². The molecule has 0 atom stereocenters. The molecule has 0 aromatic heterocycles. The van der Waals surface area contributed by atoms with Gasteiger partial charge in [-0.2, -0.15) is 0 Å². The summed E-state index contributed by atoms with van der Waals surface area (Å²) < 4.78 is 18.4. The fourth-order valence-corrected chi connectivity index (χ4v) is 5.81. The van der Waals surface area contributed by atoms with Gasteiger partial charge in [-0.3, -0.25) is 14.5 Å². The van der Waals surface area contributed by atoms with Crippen molar-refractivity contribution in [1.29, 1.82) is 0 Å². The molecule has 0 saturated carbocycles. The van der Waals surface area contributed by atoms with E-state index >= 15 is 0 Å². The molecule has 1 heterocycles. The van der Waals surface area contributed by atoms with E-state index in [9.17, 15) is 9.59 Å². The topological polar surface area (TPSA) is 65.1 Å². The average molecular weight is 678 g/mol. The highest BCUT2D eigenvalue weighted by molar-refractivity contribution is 14.1. The molecule has 0 spiro atoms. The lowest BCUT2D eigenvalue weighted by atomic mass is 10.0. The number of thioether (sulfide) groups is 1. The van der Waals surface area contributed by atoms with Gasteiger partial charge >= 0.3 is 0 Å². The number of hydrogen-bond acceptors (Lipinski definition) is 6. The Morgan fingerprint density at radius 2 is 1.77 bits per heavy atom. The first-order chi connectivity index (χ1) is 18.7. The molecule has 3 aromatic carbocycles. The van der Waals surface area contributed by atoms with Gasteiger partial charge in [-0.05, 0) is 106 Å². The highest BCUT2D eigenvalue weighted by Crippen LogP contribution is 2.38. The van der Waals surface area contributed by atoms with Gasteiger partial charge < -0.3 is 14.2 Å². The quantitative estimate of drug-likeness (QED) is 0.160. The number of hydrogen-bond donors (Lipinski definition) is 0. The maximum atomic E-state index is 13.1. The summed E-state index contributed by atoms with van der Waals surface area (Å²) in [4.78, 5) is 27.3. The van der Waals surface area contributed by atoms with E-state index in [1.807, 2.05) is 43.3 Å². The second-order valence-corrected chi connectivity index (χ2v) is 11.9. The molecule has 1 aliphatic rings. The Hall–Kier alpha value is -2.69. The number of ether oxygens (including phenoxy) is 3.